The number of methoxy groups -OCH3 is 1. The molecule has 0 bridgehead atoms. The minimum absolute atomic E-state index is 0.189. The van der Waals surface area contributed by atoms with Gasteiger partial charge in [-0.1, -0.05) is 6.07 Å². The Labute approximate surface area is 91.0 Å². The zero-order valence-electron chi connectivity index (χ0n) is 8.51. The minimum Gasteiger partial charge on any atom is -0.478 e. The summed E-state index contributed by atoms with van der Waals surface area (Å²) in [6.45, 7) is 0. The van der Waals surface area contributed by atoms with E-state index in [9.17, 15) is 4.79 Å². The zero-order chi connectivity index (χ0) is 11.5. The lowest BCUT2D eigenvalue weighted by Crippen LogP contribution is -1.85. The first-order valence-corrected chi connectivity index (χ1v) is 4.54. The van der Waals surface area contributed by atoms with Crippen molar-refractivity contribution in [1.29, 1.82) is 0 Å². The van der Waals surface area contributed by atoms with Gasteiger partial charge < -0.3 is 14.3 Å². The lowest BCUT2D eigenvalue weighted by Gasteiger charge is -1.90. The van der Waals surface area contributed by atoms with E-state index in [-0.39, 0.29) is 6.08 Å². The van der Waals surface area contributed by atoms with E-state index < -0.39 is 5.97 Å². The molecule has 0 saturated heterocycles. The Balaban J connectivity index is 2.39. The smallest absolute Gasteiger partial charge is 0.394 e. The van der Waals surface area contributed by atoms with Gasteiger partial charge in [-0.05, 0) is 23.8 Å². The van der Waals surface area contributed by atoms with E-state index in [0.29, 0.717) is 11.1 Å². The van der Waals surface area contributed by atoms with Gasteiger partial charge in [0.2, 0.25) is 0 Å². The van der Waals surface area contributed by atoms with Crippen LogP contribution in [0.5, 0.6) is 6.08 Å². The average molecular weight is 219 g/mol. The van der Waals surface area contributed by atoms with Crippen LogP contribution < -0.4 is 4.74 Å². The Bertz CT molecular complexity index is 556. The van der Waals surface area contributed by atoms with E-state index in [1.807, 2.05) is 0 Å². The van der Waals surface area contributed by atoms with Crippen molar-refractivity contribution in [3.8, 4) is 6.08 Å². The van der Waals surface area contributed by atoms with Crippen LogP contribution in [0.15, 0.2) is 28.7 Å². The van der Waals surface area contributed by atoms with Crippen molar-refractivity contribution in [3.05, 3.63) is 29.8 Å². The molecule has 5 nitrogen and oxygen atoms in total. The number of ether oxygens (including phenoxy) is 1. The summed E-state index contributed by atoms with van der Waals surface area (Å²) in [5.41, 5.74) is 1.97. The molecule has 1 heterocycles. The summed E-state index contributed by atoms with van der Waals surface area (Å²) < 4.78 is 10.1. The molecule has 0 amide bonds. The number of carboxylic acid groups (broad SMARTS) is 1. The number of rotatable bonds is 3. The fourth-order valence-corrected chi connectivity index (χ4v) is 1.28. The highest BCUT2D eigenvalue weighted by Gasteiger charge is 2.05. The zero-order valence-corrected chi connectivity index (χ0v) is 8.51. The lowest BCUT2D eigenvalue weighted by molar-refractivity contribution is -0.131. The highest BCUT2D eigenvalue weighted by Crippen LogP contribution is 2.21. The number of hydrogen-bond acceptors (Lipinski definition) is 4. The summed E-state index contributed by atoms with van der Waals surface area (Å²) in [6.07, 6.45) is 2.75. The molecule has 0 unspecified atom stereocenters. The number of aromatic nitrogens is 1. The molecular formula is C11H9NO4. The number of benzene rings is 1. The molecule has 0 radical (unpaired) electrons. The van der Waals surface area contributed by atoms with Crippen molar-refractivity contribution in [3.63, 3.8) is 0 Å². The van der Waals surface area contributed by atoms with E-state index in [4.69, 9.17) is 14.3 Å². The fourth-order valence-electron chi connectivity index (χ4n) is 1.28. The first kappa shape index (κ1) is 10.2. The van der Waals surface area contributed by atoms with Gasteiger partial charge in [0.25, 0.3) is 0 Å². The highest BCUT2D eigenvalue weighted by atomic mass is 16.6. The second-order valence-electron chi connectivity index (χ2n) is 3.08. The van der Waals surface area contributed by atoms with Gasteiger partial charge >= 0.3 is 12.0 Å². The molecule has 0 atom stereocenters. The van der Waals surface area contributed by atoms with E-state index in [0.717, 1.165) is 11.6 Å². The van der Waals surface area contributed by atoms with Gasteiger partial charge in [-0.2, -0.15) is 4.98 Å². The van der Waals surface area contributed by atoms with E-state index in [1.54, 1.807) is 18.2 Å². The average Bonchev–Trinajstić information content (AvgIpc) is 2.68. The summed E-state index contributed by atoms with van der Waals surface area (Å²) in [7, 11) is 1.47. The number of aliphatic carboxylic acids is 1. The Morgan fingerprint density at radius 3 is 3.06 bits per heavy atom. The minimum atomic E-state index is -0.988. The molecule has 2 aromatic rings. The molecule has 0 aliphatic carbocycles. The van der Waals surface area contributed by atoms with Gasteiger partial charge in [0.1, 0.15) is 5.52 Å². The van der Waals surface area contributed by atoms with Crippen molar-refractivity contribution in [2.45, 2.75) is 0 Å². The SMILES string of the molecule is COc1nc2cc(/C=C/C(=O)O)ccc2o1. The molecular weight excluding hydrogens is 210 g/mol. The summed E-state index contributed by atoms with van der Waals surface area (Å²) in [6, 6.07) is 5.18. The number of oxazole rings is 1. The maximum atomic E-state index is 10.3. The normalized spacial score (nSPS) is 11.1. The van der Waals surface area contributed by atoms with Crippen LogP contribution in [0.25, 0.3) is 17.2 Å². The molecule has 0 spiro atoms. The van der Waals surface area contributed by atoms with E-state index >= 15 is 0 Å². The van der Waals surface area contributed by atoms with Crippen molar-refractivity contribution >= 4 is 23.1 Å². The molecule has 1 aromatic heterocycles. The lowest BCUT2D eigenvalue weighted by atomic mass is 10.2. The Hall–Kier alpha value is -2.30. The van der Waals surface area contributed by atoms with Crippen LogP contribution in [0.4, 0.5) is 0 Å². The Morgan fingerprint density at radius 1 is 1.56 bits per heavy atom. The van der Waals surface area contributed by atoms with Crippen LogP contribution in [0.1, 0.15) is 5.56 Å². The molecule has 2 rings (SSSR count). The number of carbonyl (C=O) groups is 1. The molecule has 1 N–H and O–H groups in total. The molecule has 0 aliphatic heterocycles. The first-order valence-electron chi connectivity index (χ1n) is 4.54. The number of nitrogens with zero attached hydrogens (tertiary/aromatic N) is 1. The predicted octanol–water partition coefficient (Wildman–Crippen LogP) is 1.93. The van der Waals surface area contributed by atoms with Crippen LogP contribution in [0.2, 0.25) is 0 Å². The van der Waals surface area contributed by atoms with Crippen LogP contribution >= 0.6 is 0 Å². The van der Waals surface area contributed by atoms with Gasteiger partial charge in [-0.25, -0.2) is 4.79 Å². The van der Waals surface area contributed by atoms with Gasteiger partial charge in [0.05, 0.1) is 7.11 Å². The molecule has 0 saturated carbocycles. The highest BCUT2D eigenvalue weighted by molar-refractivity contribution is 5.86. The van der Waals surface area contributed by atoms with Crippen molar-refractivity contribution < 1.29 is 19.1 Å². The maximum absolute atomic E-state index is 10.3. The third kappa shape index (κ3) is 2.03. The van der Waals surface area contributed by atoms with Gasteiger partial charge in [-0.15, -0.1) is 0 Å². The monoisotopic (exact) mass is 219 g/mol. The van der Waals surface area contributed by atoms with Crippen LogP contribution in [-0.4, -0.2) is 23.2 Å². The molecule has 0 aliphatic rings. The largest absolute Gasteiger partial charge is 0.478 e. The Morgan fingerprint density at radius 2 is 2.38 bits per heavy atom. The standard InChI is InChI=1S/C11H9NO4/c1-15-11-12-8-6-7(3-5-10(13)14)2-4-9(8)16-11/h2-6H,1H3,(H,13,14)/b5-3+. The van der Waals surface area contributed by atoms with Crippen molar-refractivity contribution in [1.82, 2.24) is 4.98 Å². The Kier molecular flexibility index (Phi) is 2.59. The third-order valence-electron chi connectivity index (χ3n) is 1.98. The summed E-state index contributed by atoms with van der Waals surface area (Å²) in [5.74, 6) is -0.988. The van der Waals surface area contributed by atoms with Crippen molar-refractivity contribution in [2.24, 2.45) is 0 Å². The second kappa shape index (κ2) is 4.06. The number of fused-ring (bicyclic) bond motifs is 1. The maximum Gasteiger partial charge on any atom is 0.394 e. The topological polar surface area (TPSA) is 72.6 Å². The van der Waals surface area contributed by atoms with Gasteiger partial charge in [-0.3, -0.25) is 0 Å². The second-order valence-corrected chi connectivity index (χ2v) is 3.08. The third-order valence-corrected chi connectivity index (χ3v) is 1.98. The first-order chi connectivity index (χ1) is 7.69. The quantitative estimate of drug-likeness (QED) is 0.798. The molecule has 5 heteroatoms. The summed E-state index contributed by atoms with van der Waals surface area (Å²) in [5, 5.41) is 8.49. The van der Waals surface area contributed by atoms with Crippen LogP contribution in [-0.2, 0) is 4.79 Å². The molecule has 1 aromatic carbocycles. The fraction of sp³-hybridized carbons (Fsp3) is 0.0909. The van der Waals surface area contributed by atoms with E-state index in [2.05, 4.69) is 4.98 Å². The summed E-state index contributed by atoms with van der Waals surface area (Å²) >= 11 is 0. The number of carboxylic acids is 1. The molecule has 16 heavy (non-hydrogen) atoms. The van der Waals surface area contributed by atoms with Gasteiger partial charge in [0.15, 0.2) is 5.58 Å². The van der Waals surface area contributed by atoms with Gasteiger partial charge in [0, 0.05) is 6.08 Å². The van der Waals surface area contributed by atoms with Crippen LogP contribution in [0.3, 0.4) is 0 Å². The molecule has 82 valence electrons. The van der Waals surface area contributed by atoms with Crippen LogP contribution in [0, 0.1) is 0 Å². The molecule has 0 fully saturated rings. The number of hydrogen-bond donors (Lipinski definition) is 1. The van der Waals surface area contributed by atoms with Crippen molar-refractivity contribution in [2.75, 3.05) is 7.11 Å². The van der Waals surface area contributed by atoms with E-state index in [1.165, 1.54) is 13.2 Å². The summed E-state index contributed by atoms with van der Waals surface area (Å²) in [4.78, 5) is 14.4. The predicted molar refractivity (Wildman–Crippen MR) is 57.2 cm³/mol.